The van der Waals surface area contributed by atoms with E-state index in [-0.39, 0.29) is 18.7 Å². The van der Waals surface area contributed by atoms with Gasteiger partial charge in [0, 0.05) is 41.6 Å². The van der Waals surface area contributed by atoms with Gasteiger partial charge in [-0.05, 0) is 39.8 Å². The van der Waals surface area contributed by atoms with Crippen molar-refractivity contribution in [3.63, 3.8) is 0 Å². The Morgan fingerprint density at radius 3 is 2.42 bits per heavy atom. The van der Waals surface area contributed by atoms with Gasteiger partial charge in [-0.1, -0.05) is 18.2 Å². The second-order valence-electron chi connectivity index (χ2n) is 10.4. The molecule has 1 amide bonds. The molecular formula is C28H32F3N3O4. The van der Waals surface area contributed by atoms with Crippen LogP contribution in [-0.4, -0.2) is 48.9 Å². The number of benzene rings is 2. The number of nitrogens with one attached hydrogen (secondary N) is 1. The summed E-state index contributed by atoms with van der Waals surface area (Å²) in [6.07, 6.45) is -1.75. The number of alkyl halides is 2. The van der Waals surface area contributed by atoms with Crippen molar-refractivity contribution in [1.29, 1.82) is 0 Å². The van der Waals surface area contributed by atoms with Gasteiger partial charge in [0.1, 0.15) is 22.8 Å². The van der Waals surface area contributed by atoms with Gasteiger partial charge in [0.2, 0.25) is 0 Å². The minimum Gasteiger partial charge on any atom is -0.496 e. The van der Waals surface area contributed by atoms with Crippen molar-refractivity contribution >= 4 is 22.7 Å². The first kappa shape index (κ1) is 27.5. The Balaban J connectivity index is 1.69. The maximum atomic E-state index is 14.8. The number of methoxy groups -OCH3 is 2. The third kappa shape index (κ3) is 5.22. The van der Waals surface area contributed by atoms with Crippen LogP contribution in [0.1, 0.15) is 56.9 Å². The van der Waals surface area contributed by atoms with E-state index in [9.17, 15) is 18.0 Å². The normalized spacial score (nSPS) is 15.8. The molecule has 1 unspecified atom stereocenters. The van der Waals surface area contributed by atoms with Gasteiger partial charge in [0.25, 0.3) is 6.43 Å². The average molecular weight is 532 g/mol. The lowest BCUT2D eigenvalue weighted by Gasteiger charge is -2.49. The Morgan fingerprint density at radius 2 is 1.82 bits per heavy atom. The maximum Gasteiger partial charge on any atom is 0.410 e. The van der Waals surface area contributed by atoms with Gasteiger partial charge in [0.15, 0.2) is 0 Å². The summed E-state index contributed by atoms with van der Waals surface area (Å²) >= 11 is 0. The van der Waals surface area contributed by atoms with Gasteiger partial charge in [0.05, 0.1) is 37.3 Å². The number of hydrogen-bond donors (Lipinski definition) is 1. The summed E-state index contributed by atoms with van der Waals surface area (Å²) in [5, 5.41) is 3.94. The molecule has 0 spiro atoms. The van der Waals surface area contributed by atoms with Crippen molar-refractivity contribution in [2.75, 3.05) is 32.6 Å². The molecular weight excluding hydrogens is 499 g/mol. The molecule has 1 aliphatic heterocycles. The van der Waals surface area contributed by atoms with E-state index in [0.29, 0.717) is 27.9 Å². The lowest BCUT2D eigenvalue weighted by Crippen LogP contribution is -2.62. The molecule has 1 aromatic heterocycles. The maximum absolute atomic E-state index is 14.8. The SMILES string of the molecule is COc1cc2nccc(NC(C)c3cccc(C(F)F)c3F)c2cc1C1(OC)CN(C(=O)OC(C)(C)C)C1. The molecule has 1 atom stereocenters. The summed E-state index contributed by atoms with van der Waals surface area (Å²) in [4.78, 5) is 18.6. The fraction of sp³-hybridized carbons (Fsp3) is 0.429. The quantitative estimate of drug-likeness (QED) is 0.371. The number of hydrogen-bond acceptors (Lipinski definition) is 6. The number of pyridine rings is 1. The zero-order valence-corrected chi connectivity index (χ0v) is 22.3. The number of fused-ring (bicyclic) bond motifs is 1. The van der Waals surface area contributed by atoms with E-state index in [2.05, 4.69) is 10.3 Å². The van der Waals surface area contributed by atoms with Crippen LogP contribution in [0.25, 0.3) is 10.9 Å². The predicted molar refractivity (Wildman–Crippen MR) is 138 cm³/mol. The number of anilines is 1. The summed E-state index contributed by atoms with van der Waals surface area (Å²) in [6.45, 7) is 7.62. The van der Waals surface area contributed by atoms with Crippen molar-refractivity contribution in [1.82, 2.24) is 9.88 Å². The minimum atomic E-state index is -2.91. The van der Waals surface area contributed by atoms with Crippen LogP contribution in [0.2, 0.25) is 0 Å². The second kappa shape index (κ2) is 10.3. The molecule has 2 aromatic carbocycles. The Kier molecular flexibility index (Phi) is 7.47. The van der Waals surface area contributed by atoms with Crippen molar-refractivity contribution in [3.05, 3.63) is 65.1 Å². The van der Waals surface area contributed by atoms with Crippen LogP contribution >= 0.6 is 0 Å². The molecule has 0 aliphatic carbocycles. The number of carbonyl (C=O) groups is 1. The first-order valence-electron chi connectivity index (χ1n) is 12.2. The highest BCUT2D eigenvalue weighted by Gasteiger charge is 2.50. The number of likely N-dealkylation sites (tertiary alicyclic amines) is 1. The summed E-state index contributed by atoms with van der Waals surface area (Å²) in [6, 6.07) is 8.75. The Bertz CT molecular complexity index is 1340. The topological polar surface area (TPSA) is 72.9 Å². The van der Waals surface area contributed by atoms with Crippen LogP contribution in [0, 0.1) is 5.82 Å². The monoisotopic (exact) mass is 531 g/mol. The van der Waals surface area contributed by atoms with E-state index in [4.69, 9.17) is 14.2 Å². The van der Waals surface area contributed by atoms with Crippen LogP contribution in [0.3, 0.4) is 0 Å². The van der Waals surface area contributed by atoms with E-state index in [1.54, 1.807) is 65.1 Å². The van der Waals surface area contributed by atoms with Crippen molar-refractivity contribution in [2.24, 2.45) is 0 Å². The molecule has 3 aromatic rings. The zero-order chi connectivity index (χ0) is 27.8. The highest BCUT2D eigenvalue weighted by Crippen LogP contribution is 2.43. The molecule has 2 heterocycles. The molecule has 4 rings (SSSR count). The van der Waals surface area contributed by atoms with Gasteiger partial charge < -0.3 is 24.4 Å². The lowest BCUT2D eigenvalue weighted by molar-refractivity contribution is -0.127. The van der Waals surface area contributed by atoms with E-state index in [1.165, 1.54) is 12.1 Å². The van der Waals surface area contributed by atoms with Crippen molar-refractivity contribution in [2.45, 2.75) is 51.4 Å². The van der Waals surface area contributed by atoms with Gasteiger partial charge in [-0.3, -0.25) is 4.98 Å². The number of nitrogens with zero attached hydrogens (tertiary/aromatic N) is 2. The van der Waals surface area contributed by atoms with Crippen LogP contribution in [0.4, 0.5) is 23.7 Å². The van der Waals surface area contributed by atoms with E-state index >= 15 is 0 Å². The molecule has 1 N–H and O–H groups in total. The van der Waals surface area contributed by atoms with Crippen LogP contribution in [0.15, 0.2) is 42.6 Å². The third-order valence-corrected chi connectivity index (χ3v) is 6.62. The molecule has 38 heavy (non-hydrogen) atoms. The Labute approximate surface area is 219 Å². The van der Waals surface area contributed by atoms with Crippen LogP contribution in [-0.2, 0) is 15.1 Å². The smallest absolute Gasteiger partial charge is 0.410 e. The summed E-state index contributed by atoms with van der Waals surface area (Å²) in [5.41, 5.74) is -0.0229. The van der Waals surface area contributed by atoms with Crippen LogP contribution < -0.4 is 10.1 Å². The predicted octanol–water partition coefficient (Wildman–Crippen LogP) is 6.59. The number of halogens is 3. The van der Waals surface area contributed by atoms with Crippen molar-refractivity contribution in [3.8, 4) is 5.75 Å². The number of aromatic nitrogens is 1. The van der Waals surface area contributed by atoms with E-state index in [1.807, 2.05) is 6.07 Å². The molecule has 0 saturated carbocycles. The summed E-state index contributed by atoms with van der Waals surface area (Å²) in [5.74, 6) is -0.394. The molecule has 7 nitrogen and oxygen atoms in total. The molecule has 0 bridgehead atoms. The molecule has 0 radical (unpaired) electrons. The minimum absolute atomic E-state index is 0.127. The zero-order valence-electron chi connectivity index (χ0n) is 22.3. The first-order valence-corrected chi connectivity index (χ1v) is 12.2. The highest BCUT2D eigenvalue weighted by molar-refractivity contribution is 5.93. The summed E-state index contributed by atoms with van der Waals surface area (Å²) < 4.78 is 58.3. The molecule has 204 valence electrons. The molecule has 1 aliphatic rings. The fourth-order valence-corrected chi connectivity index (χ4v) is 4.64. The number of amides is 1. The number of carbonyl (C=O) groups excluding carboxylic acids is 1. The standard InChI is InChI=1S/C28H32F3N3O4/c1-16(17-8-7-9-18(24(17)29)25(30)31)33-21-10-11-32-22-13-23(36-5)20(12-19(21)22)28(37-6)14-34(15-28)26(35)38-27(2,3)4/h7-13,16,25H,14-15H2,1-6H3,(H,32,33). The second-order valence-corrected chi connectivity index (χ2v) is 10.4. The largest absolute Gasteiger partial charge is 0.496 e. The van der Waals surface area contributed by atoms with Gasteiger partial charge in [-0.25, -0.2) is 18.0 Å². The molecule has 1 fully saturated rings. The first-order chi connectivity index (χ1) is 17.9. The number of ether oxygens (including phenoxy) is 3. The van der Waals surface area contributed by atoms with E-state index in [0.717, 1.165) is 6.07 Å². The van der Waals surface area contributed by atoms with Gasteiger partial charge in [-0.15, -0.1) is 0 Å². The molecule has 10 heteroatoms. The summed E-state index contributed by atoms with van der Waals surface area (Å²) in [7, 11) is 3.11. The number of rotatable bonds is 7. The average Bonchev–Trinajstić information content (AvgIpc) is 2.82. The van der Waals surface area contributed by atoms with Crippen LogP contribution in [0.5, 0.6) is 5.75 Å². The highest BCUT2D eigenvalue weighted by atomic mass is 19.3. The Hall–Kier alpha value is -3.53. The third-order valence-electron chi connectivity index (χ3n) is 6.62. The van der Waals surface area contributed by atoms with Crippen molar-refractivity contribution < 1.29 is 32.2 Å². The van der Waals surface area contributed by atoms with E-state index < -0.39 is 41.1 Å². The fourth-order valence-electron chi connectivity index (χ4n) is 4.64. The lowest BCUT2D eigenvalue weighted by atomic mass is 9.84. The van der Waals surface area contributed by atoms with Gasteiger partial charge >= 0.3 is 6.09 Å². The Morgan fingerprint density at radius 1 is 1.13 bits per heavy atom. The molecule has 1 saturated heterocycles. The van der Waals surface area contributed by atoms with Gasteiger partial charge in [-0.2, -0.15) is 0 Å².